The molecule has 4 nitrogen and oxygen atoms in total. The van der Waals surface area contributed by atoms with E-state index in [4.69, 9.17) is 0 Å². The van der Waals surface area contributed by atoms with E-state index in [1.54, 1.807) is 6.07 Å². The first-order valence-electron chi connectivity index (χ1n) is 9.03. The second kappa shape index (κ2) is 8.83. The van der Waals surface area contributed by atoms with Gasteiger partial charge in [0.15, 0.2) is 5.69 Å². The minimum Gasteiger partial charge on any atom is -0.321 e. The molecule has 0 aliphatic rings. The highest BCUT2D eigenvalue weighted by molar-refractivity contribution is 6.07. The van der Waals surface area contributed by atoms with Gasteiger partial charge in [0, 0.05) is 24.5 Å². The molecule has 0 spiro atoms. The van der Waals surface area contributed by atoms with Crippen LogP contribution in [0.25, 0.3) is 11.1 Å². The molecule has 1 heterocycles. The van der Waals surface area contributed by atoms with Crippen LogP contribution in [-0.2, 0) is 33.2 Å². The lowest BCUT2D eigenvalue weighted by molar-refractivity contribution is -0.141. The highest BCUT2D eigenvalue weighted by Crippen LogP contribution is 2.34. The number of anilines is 1. The second-order valence-electron chi connectivity index (χ2n) is 6.74. The third-order valence-corrected chi connectivity index (χ3v) is 4.68. The summed E-state index contributed by atoms with van der Waals surface area (Å²) in [5.74, 6) is -1.05. The number of nitrogens with zero attached hydrogens (tertiary/aromatic N) is 2. The molecule has 3 aromatic rings. The molecule has 31 heavy (non-hydrogen) atoms. The zero-order valence-corrected chi connectivity index (χ0v) is 16.2. The molecule has 1 amide bonds. The lowest BCUT2D eigenvalue weighted by atomic mass is 9.94. The van der Waals surface area contributed by atoms with E-state index in [1.165, 1.54) is 37.4 Å². The molecular formula is C21H17F6N3O. The Morgan fingerprint density at radius 1 is 1.03 bits per heavy atom. The van der Waals surface area contributed by atoms with Gasteiger partial charge in [-0.2, -0.15) is 18.3 Å². The first-order chi connectivity index (χ1) is 14.7. The van der Waals surface area contributed by atoms with E-state index in [9.17, 15) is 31.1 Å². The Morgan fingerprint density at radius 2 is 1.65 bits per heavy atom. The Morgan fingerprint density at radius 3 is 2.19 bits per heavy atom. The van der Waals surface area contributed by atoms with Gasteiger partial charge in [-0.25, -0.2) is 13.2 Å². The van der Waals surface area contributed by atoms with Crippen molar-refractivity contribution in [2.45, 2.75) is 26.2 Å². The zero-order valence-electron chi connectivity index (χ0n) is 16.2. The van der Waals surface area contributed by atoms with Crippen LogP contribution in [0.15, 0.2) is 42.6 Å². The predicted octanol–water partition coefficient (Wildman–Crippen LogP) is 5.77. The SMILES string of the molecule is Cn1cc(C(=O)Nc2ccccc2-c2cc(CF)c(CF)c(CF)c2)c(C(F)(F)F)n1. The van der Waals surface area contributed by atoms with Gasteiger partial charge in [-0.05, 0) is 40.5 Å². The molecule has 164 valence electrons. The Labute approximate surface area is 173 Å². The summed E-state index contributed by atoms with van der Waals surface area (Å²) in [4.78, 5) is 12.6. The number of nitrogens with one attached hydrogen (secondary N) is 1. The number of halogens is 6. The number of rotatable bonds is 6. The van der Waals surface area contributed by atoms with E-state index < -0.39 is 43.4 Å². The van der Waals surface area contributed by atoms with Crippen molar-refractivity contribution in [3.05, 3.63) is 70.5 Å². The van der Waals surface area contributed by atoms with Crippen LogP contribution in [0.1, 0.15) is 32.7 Å². The molecule has 1 N–H and O–H groups in total. The van der Waals surface area contributed by atoms with Crippen molar-refractivity contribution in [1.29, 1.82) is 0 Å². The van der Waals surface area contributed by atoms with Crippen LogP contribution in [0, 0.1) is 0 Å². The van der Waals surface area contributed by atoms with Crippen LogP contribution in [-0.4, -0.2) is 15.7 Å². The maximum Gasteiger partial charge on any atom is 0.435 e. The fourth-order valence-electron chi connectivity index (χ4n) is 3.26. The van der Waals surface area contributed by atoms with Crippen molar-refractivity contribution >= 4 is 11.6 Å². The van der Waals surface area contributed by atoms with E-state index in [0.29, 0.717) is 5.56 Å². The maximum absolute atomic E-state index is 13.4. The molecule has 3 rings (SSSR count). The standard InChI is InChI=1S/C21H17F6N3O/c1-30-11-17(19(29-30)21(25,26)27)20(31)28-18-5-3-2-4-15(18)12-6-13(8-22)16(10-24)14(7-12)9-23/h2-7,11H,8-10H2,1H3,(H,28,31). The minimum absolute atomic E-state index is 0.0413. The first kappa shape index (κ1) is 22.4. The van der Waals surface area contributed by atoms with Crippen molar-refractivity contribution in [3.63, 3.8) is 0 Å². The Balaban J connectivity index is 2.04. The van der Waals surface area contributed by atoms with Gasteiger partial charge in [-0.1, -0.05) is 18.2 Å². The summed E-state index contributed by atoms with van der Waals surface area (Å²) in [6.07, 6.45) is -3.89. The molecule has 2 aromatic carbocycles. The lowest BCUT2D eigenvalue weighted by Crippen LogP contribution is -2.18. The molecule has 1 aromatic heterocycles. The van der Waals surface area contributed by atoms with Crippen molar-refractivity contribution in [2.24, 2.45) is 7.05 Å². The number of para-hydroxylation sites is 1. The summed E-state index contributed by atoms with van der Waals surface area (Å²) in [6.45, 7) is -3.10. The van der Waals surface area contributed by atoms with Gasteiger partial charge in [0.2, 0.25) is 0 Å². The van der Waals surface area contributed by atoms with Gasteiger partial charge in [0.25, 0.3) is 5.91 Å². The van der Waals surface area contributed by atoms with Crippen molar-refractivity contribution in [2.75, 3.05) is 5.32 Å². The van der Waals surface area contributed by atoms with Crippen LogP contribution in [0.4, 0.5) is 32.0 Å². The first-order valence-corrected chi connectivity index (χ1v) is 9.03. The van der Waals surface area contributed by atoms with Crippen LogP contribution in [0.3, 0.4) is 0 Å². The summed E-state index contributed by atoms with van der Waals surface area (Å²) < 4.78 is 80.5. The highest BCUT2D eigenvalue weighted by Gasteiger charge is 2.39. The quantitative estimate of drug-likeness (QED) is 0.494. The molecule has 0 saturated carbocycles. The highest BCUT2D eigenvalue weighted by atomic mass is 19.4. The van der Waals surface area contributed by atoms with E-state index in [0.717, 1.165) is 10.9 Å². The molecule has 0 atom stereocenters. The van der Waals surface area contributed by atoms with Crippen molar-refractivity contribution < 1.29 is 31.1 Å². The number of hydrogen-bond acceptors (Lipinski definition) is 2. The number of amides is 1. The smallest absolute Gasteiger partial charge is 0.321 e. The van der Waals surface area contributed by atoms with Crippen LogP contribution >= 0.6 is 0 Å². The number of carbonyl (C=O) groups is 1. The average Bonchev–Trinajstić information content (AvgIpc) is 3.15. The number of hydrogen-bond donors (Lipinski definition) is 1. The number of carbonyl (C=O) groups excluding carboxylic acids is 1. The summed E-state index contributed by atoms with van der Waals surface area (Å²) in [6, 6.07) is 8.73. The molecule has 10 heteroatoms. The van der Waals surface area contributed by atoms with E-state index in [1.807, 2.05) is 0 Å². The van der Waals surface area contributed by atoms with Gasteiger partial charge >= 0.3 is 6.18 Å². The summed E-state index contributed by atoms with van der Waals surface area (Å²) in [5, 5.41) is 5.70. The average molecular weight is 441 g/mol. The molecule has 0 aliphatic heterocycles. The second-order valence-corrected chi connectivity index (χ2v) is 6.74. The number of aryl methyl sites for hydroxylation is 1. The van der Waals surface area contributed by atoms with Crippen molar-refractivity contribution in [3.8, 4) is 11.1 Å². The molecule has 0 fully saturated rings. The number of benzene rings is 2. The number of aromatic nitrogens is 2. The fraction of sp³-hybridized carbons (Fsp3) is 0.238. The monoisotopic (exact) mass is 441 g/mol. The predicted molar refractivity (Wildman–Crippen MR) is 102 cm³/mol. The van der Waals surface area contributed by atoms with Gasteiger partial charge < -0.3 is 5.32 Å². The topological polar surface area (TPSA) is 46.9 Å². The Hall–Kier alpha value is -3.30. The normalized spacial score (nSPS) is 11.6. The van der Waals surface area contributed by atoms with E-state index in [2.05, 4.69) is 10.4 Å². The third kappa shape index (κ3) is 4.57. The fourth-order valence-corrected chi connectivity index (χ4v) is 3.26. The molecule has 0 bridgehead atoms. The molecule has 0 unspecified atom stereocenters. The maximum atomic E-state index is 13.4. The molecule has 0 aliphatic carbocycles. The van der Waals surface area contributed by atoms with Crippen LogP contribution < -0.4 is 5.32 Å². The Kier molecular flexibility index (Phi) is 6.37. The van der Waals surface area contributed by atoms with Gasteiger partial charge in [0.05, 0.1) is 5.56 Å². The van der Waals surface area contributed by atoms with Gasteiger partial charge in [0.1, 0.15) is 20.0 Å². The minimum atomic E-state index is -4.83. The van der Waals surface area contributed by atoms with Crippen molar-refractivity contribution in [1.82, 2.24) is 9.78 Å². The molecule has 0 saturated heterocycles. The number of alkyl halides is 6. The largest absolute Gasteiger partial charge is 0.435 e. The summed E-state index contributed by atoms with van der Waals surface area (Å²) in [5.41, 5.74) is -1.46. The van der Waals surface area contributed by atoms with Crippen LogP contribution in [0.5, 0.6) is 0 Å². The lowest BCUT2D eigenvalue weighted by Gasteiger charge is -2.15. The summed E-state index contributed by atoms with van der Waals surface area (Å²) >= 11 is 0. The van der Waals surface area contributed by atoms with Crippen LogP contribution in [0.2, 0.25) is 0 Å². The van der Waals surface area contributed by atoms with Gasteiger partial charge in [-0.3, -0.25) is 9.48 Å². The Bertz CT molecular complexity index is 1080. The summed E-state index contributed by atoms with van der Waals surface area (Å²) in [7, 11) is 1.25. The zero-order chi connectivity index (χ0) is 22.8. The molecule has 0 radical (unpaired) electrons. The van der Waals surface area contributed by atoms with E-state index in [-0.39, 0.29) is 27.9 Å². The third-order valence-electron chi connectivity index (χ3n) is 4.68. The van der Waals surface area contributed by atoms with E-state index >= 15 is 0 Å². The van der Waals surface area contributed by atoms with Gasteiger partial charge in [-0.15, -0.1) is 0 Å². The molecular weight excluding hydrogens is 424 g/mol.